The molecule has 1 unspecified atom stereocenters. The lowest BCUT2D eigenvalue weighted by atomic mass is 9.79. The minimum Gasteiger partial charge on any atom is -0.481 e. The van der Waals surface area contributed by atoms with E-state index in [0.717, 1.165) is 0 Å². The zero-order valence-corrected chi connectivity index (χ0v) is 11.2. The normalized spacial score (nSPS) is 30.4. The Bertz CT molecular complexity index is 272. The van der Waals surface area contributed by atoms with Crippen LogP contribution in [0.5, 0.6) is 0 Å². The Morgan fingerprint density at radius 1 is 1.39 bits per heavy atom. The van der Waals surface area contributed by atoms with Crippen molar-refractivity contribution < 1.29 is 20.1 Å². The van der Waals surface area contributed by atoms with E-state index in [1.807, 2.05) is 13.8 Å². The fourth-order valence-electron chi connectivity index (χ4n) is 2.27. The van der Waals surface area contributed by atoms with E-state index in [2.05, 4.69) is 5.32 Å². The first-order chi connectivity index (χ1) is 8.34. The van der Waals surface area contributed by atoms with Crippen LogP contribution < -0.4 is 5.32 Å². The largest absolute Gasteiger partial charge is 0.481 e. The highest BCUT2D eigenvalue weighted by molar-refractivity contribution is 5.70. The third-order valence-corrected chi connectivity index (χ3v) is 3.84. The van der Waals surface area contributed by atoms with E-state index in [1.54, 1.807) is 0 Å². The summed E-state index contributed by atoms with van der Waals surface area (Å²) in [7, 11) is 0. The lowest BCUT2D eigenvalue weighted by molar-refractivity contribution is -0.144. The van der Waals surface area contributed by atoms with Crippen LogP contribution >= 0.6 is 0 Å². The minimum atomic E-state index is -0.817. The lowest BCUT2D eigenvalue weighted by Gasteiger charge is -2.35. The summed E-state index contributed by atoms with van der Waals surface area (Å²) in [4.78, 5) is 10.8. The average molecular weight is 259 g/mol. The van der Waals surface area contributed by atoms with Gasteiger partial charge in [0.1, 0.15) is 0 Å². The maximum atomic E-state index is 10.8. The van der Waals surface area contributed by atoms with E-state index in [-0.39, 0.29) is 11.8 Å². The predicted octanol–water partition coefficient (Wildman–Crippen LogP) is 0.599. The van der Waals surface area contributed by atoms with Gasteiger partial charge in [0.25, 0.3) is 0 Å². The molecule has 0 bridgehead atoms. The smallest absolute Gasteiger partial charge is 0.306 e. The zero-order chi connectivity index (χ0) is 13.8. The maximum absolute atomic E-state index is 10.8. The SMILES string of the molecule is CC(C)C(O)CNCC1(O)CCC(C(=O)O)CC1. The van der Waals surface area contributed by atoms with Gasteiger partial charge in [-0.15, -0.1) is 0 Å². The molecule has 0 aromatic rings. The number of nitrogens with one attached hydrogen (secondary N) is 1. The van der Waals surface area contributed by atoms with E-state index in [9.17, 15) is 15.0 Å². The summed E-state index contributed by atoms with van der Waals surface area (Å²) >= 11 is 0. The molecule has 0 aromatic carbocycles. The number of aliphatic hydroxyl groups excluding tert-OH is 1. The number of carbonyl (C=O) groups is 1. The van der Waals surface area contributed by atoms with Crippen molar-refractivity contribution in [1.29, 1.82) is 0 Å². The molecular formula is C13H25NO4. The summed E-state index contributed by atoms with van der Waals surface area (Å²) in [6, 6.07) is 0. The standard InChI is InChI=1S/C13H25NO4/c1-9(2)11(15)7-14-8-13(18)5-3-10(4-6-13)12(16)17/h9-11,14-15,18H,3-8H2,1-2H3,(H,16,17). The molecule has 0 amide bonds. The molecule has 0 radical (unpaired) electrons. The number of hydrogen-bond donors (Lipinski definition) is 4. The highest BCUT2D eigenvalue weighted by Gasteiger charge is 2.35. The number of rotatable bonds is 6. The van der Waals surface area contributed by atoms with Crippen LogP contribution in [-0.2, 0) is 4.79 Å². The van der Waals surface area contributed by atoms with Crippen LogP contribution in [-0.4, -0.2) is 46.1 Å². The molecule has 0 aromatic heterocycles. The Labute approximate surface area is 108 Å². The van der Waals surface area contributed by atoms with Gasteiger partial charge < -0.3 is 20.6 Å². The monoisotopic (exact) mass is 259 g/mol. The van der Waals surface area contributed by atoms with Gasteiger partial charge in [0.2, 0.25) is 0 Å². The second kappa shape index (κ2) is 6.50. The van der Waals surface area contributed by atoms with Crippen molar-refractivity contribution in [2.45, 2.75) is 51.2 Å². The van der Waals surface area contributed by atoms with Crippen molar-refractivity contribution in [3.05, 3.63) is 0 Å². The molecular weight excluding hydrogens is 234 g/mol. The number of aliphatic hydroxyl groups is 2. The van der Waals surface area contributed by atoms with Crippen LogP contribution in [0.15, 0.2) is 0 Å². The highest BCUT2D eigenvalue weighted by Crippen LogP contribution is 2.31. The van der Waals surface area contributed by atoms with E-state index in [4.69, 9.17) is 5.11 Å². The Balaban J connectivity index is 2.28. The molecule has 5 heteroatoms. The molecule has 106 valence electrons. The second-order valence-corrected chi connectivity index (χ2v) is 5.78. The van der Waals surface area contributed by atoms with Gasteiger partial charge in [-0.25, -0.2) is 0 Å². The minimum absolute atomic E-state index is 0.190. The molecule has 1 rings (SSSR count). The summed E-state index contributed by atoms with van der Waals surface area (Å²) in [5.41, 5.74) is -0.817. The van der Waals surface area contributed by atoms with E-state index in [0.29, 0.717) is 38.8 Å². The van der Waals surface area contributed by atoms with Gasteiger partial charge in [-0.3, -0.25) is 4.79 Å². The lowest BCUT2D eigenvalue weighted by Crippen LogP contribution is -2.46. The van der Waals surface area contributed by atoms with Gasteiger partial charge in [0.15, 0.2) is 0 Å². The van der Waals surface area contributed by atoms with Crippen molar-refractivity contribution in [3.63, 3.8) is 0 Å². The van der Waals surface area contributed by atoms with E-state index >= 15 is 0 Å². The number of hydrogen-bond acceptors (Lipinski definition) is 4. The van der Waals surface area contributed by atoms with Gasteiger partial charge in [0.05, 0.1) is 17.6 Å². The fourth-order valence-corrected chi connectivity index (χ4v) is 2.27. The van der Waals surface area contributed by atoms with Crippen molar-refractivity contribution in [1.82, 2.24) is 5.32 Å². The highest BCUT2D eigenvalue weighted by atomic mass is 16.4. The molecule has 0 aliphatic heterocycles. The van der Waals surface area contributed by atoms with Crippen LogP contribution in [0.25, 0.3) is 0 Å². The molecule has 1 atom stereocenters. The third kappa shape index (κ3) is 4.55. The third-order valence-electron chi connectivity index (χ3n) is 3.84. The molecule has 1 aliphatic carbocycles. The van der Waals surface area contributed by atoms with E-state index < -0.39 is 17.7 Å². The molecule has 0 heterocycles. The average Bonchev–Trinajstić information content (AvgIpc) is 2.29. The molecule has 5 nitrogen and oxygen atoms in total. The molecule has 0 spiro atoms. The Morgan fingerprint density at radius 3 is 2.39 bits per heavy atom. The van der Waals surface area contributed by atoms with Gasteiger partial charge in [-0.2, -0.15) is 0 Å². The number of carboxylic acids is 1. The van der Waals surface area contributed by atoms with Gasteiger partial charge >= 0.3 is 5.97 Å². The summed E-state index contributed by atoms with van der Waals surface area (Å²) in [5.74, 6) is -0.887. The summed E-state index contributed by atoms with van der Waals surface area (Å²) in [6.45, 7) is 4.77. The van der Waals surface area contributed by atoms with Gasteiger partial charge in [0, 0.05) is 13.1 Å². The number of aliphatic carboxylic acids is 1. The summed E-state index contributed by atoms with van der Waals surface area (Å²) < 4.78 is 0. The van der Waals surface area contributed by atoms with Crippen molar-refractivity contribution in [2.24, 2.45) is 11.8 Å². The topological polar surface area (TPSA) is 89.8 Å². The molecule has 0 saturated heterocycles. The first-order valence-corrected chi connectivity index (χ1v) is 6.68. The first-order valence-electron chi connectivity index (χ1n) is 6.68. The molecule has 1 saturated carbocycles. The summed E-state index contributed by atoms with van der Waals surface area (Å²) in [6.07, 6.45) is 1.66. The van der Waals surface area contributed by atoms with Crippen LogP contribution in [0, 0.1) is 11.8 Å². The fraction of sp³-hybridized carbons (Fsp3) is 0.923. The van der Waals surface area contributed by atoms with E-state index in [1.165, 1.54) is 0 Å². The Kier molecular flexibility index (Phi) is 5.56. The van der Waals surface area contributed by atoms with Crippen molar-refractivity contribution >= 4 is 5.97 Å². The quantitative estimate of drug-likeness (QED) is 0.561. The van der Waals surface area contributed by atoms with Crippen LogP contribution in [0.3, 0.4) is 0 Å². The predicted molar refractivity (Wildman–Crippen MR) is 68.3 cm³/mol. The van der Waals surface area contributed by atoms with Gasteiger partial charge in [-0.05, 0) is 31.6 Å². The zero-order valence-electron chi connectivity index (χ0n) is 11.2. The van der Waals surface area contributed by atoms with Crippen LogP contribution in [0.4, 0.5) is 0 Å². The maximum Gasteiger partial charge on any atom is 0.306 e. The van der Waals surface area contributed by atoms with Crippen molar-refractivity contribution in [3.8, 4) is 0 Å². The van der Waals surface area contributed by atoms with Crippen LogP contribution in [0.2, 0.25) is 0 Å². The molecule has 1 fully saturated rings. The first kappa shape index (κ1) is 15.4. The van der Waals surface area contributed by atoms with Crippen LogP contribution in [0.1, 0.15) is 39.5 Å². The molecule has 18 heavy (non-hydrogen) atoms. The van der Waals surface area contributed by atoms with Crippen molar-refractivity contribution in [2.75, 3.05) is 13.1 Å². The Hall–Kier alpha value is -0.650. The summed E-state index contributed by atoms with van der Waals surface area (Å²) in [5, 5.41) is 31.9. The number of carboxylic acid groups (broad SMARTS) is 1. The Morgan fingerprint density at radius 2 is 1.94 bits per heavy atom. The molecule has 1 aliphatic rings. The molecule has 4 N–H and O–H groups in total. The van der Waals surface area contributed by atoms with Gasteiger partial charge in [-0.1, -0.05) is 13.8 Å². The second-order valence-electron chi connectivity index (χ2n) is 5.78.